The monoisotopic (exact) mass is 320 g/mol. The van der Waals surface area contributed by atoms with Crippen LogP contribution in [-0.2, 0) is 0 Å². The molecule has 0 saturated carbocycles. The second kappa shape index (κ2) is 5.23. The zero-order chi connectivity index (χ0) is 15.8. The van der Waals surface area contributed by atoms with Crippen molar-refractivity contribution in [3.05, 3.63) is 59.0 Å². The summed E-state index contributed by atoms with van der Waals surface area (Å²) in [4.78, 5) is 17.1. The highest BCUT2D eigenvalue weighted by molar-refractivity contribution is 7.22. The van der Waals surface area contributed by atoms with Gasteiger partial charge < -0.3 is 9.15 Å². The molecular formula is C17H8N2O3S. The van der Waals surface area contributed by atoms with Crippen molar-refractivity contribution in [2.75, 3.05) is 0 Å². The van der Waals surface area contributed by atoms with Gasteiger partial charge in [-0.1, -0.05) is 24.3 Å². The fraction of sp³-hybridized carbons (Fsp3) is 0. The van der Waals surface area contributed by atoms with E-state index < -0.39 is 5.63 Å². The van der Waals surface area contributed by atoms with Gasteiger partial charge in [0.25, 0.3) is 6.26 Å². The fourth-order valence-corrected chi connectivity index (χ4v) is 3.48. The fourth-order valence-electron chi connectivity index (χ4n) is 2.43. The number of nitrogens with zero attached hydrogens (tertiary/aromatic N) is 2. The summed E-state index contributed by atoms with van der Waals surface area (Å²) < 4.78 is 11.4. The average Bonchev–Trinajstić information content (AvgIpc) is 2.94. The second-order valence-electron chi connectivity index (χ2n) is 4.77. The van der Waals surface area contributed by atoms with Crippen LogP contribution in [0.2, 0.25) is 0 Å². The van der Waals surface area contributed by atoms with E-state index in [0.717, 1.165) is 10.1 Å². The van der Waals surface area contributed by atoms with Crippen molar-refractivity contribution in [1.29, 1.82) is 5.26 Å². The molecule has 5 nitrogen and oxygen atoms in total. The minimum atomic E-state index is -0.467. The van der Waals surface area contributed by atoms with E-state index in [0.29, 0.717) is 21.5 Å². The summed E-state index contributed by atoms with van der Waals surface area (Å²) in [7, 11) is 0. The number of ether oxygens (including phenoxy) is 1. The van der Waals surface area contributed by atoms with Crippen LogP contribution in [-0.4, -0.2) is 4.98 Å². The molecule has 0 amide bonds. The highest BCUT2D eigenvalue weighted by Crippen LogP contribution is 2.43. The zero-order valence-electron chi connectivity index (χ0n) is 11.6. The average molecular weight is 320 g/mol. The molecule has 0 fully saturated rings. The van der Waals surface area contributed by atoms with E-state index in [1.165, 1.54) is 11.3 Å². The van der Waals surface area contributed by atoms with Gasteiger partial charge in [0.1, 0.15) is 4.88 Å². The first-order valence-corrected chi connectivity index (χ1v) is 7.57. The highest BCUT2D eigenvalue weighted by Gasteiger charge is 2.20. The Labute approximate surface area is 134 Å². The molecule has 23 heavy (non-hydrogen) atoms. The quantitative estimate of drug-likeness (QED) is 0.523. The lowest BCUT2D eigenvalue weighted by Gasteiger charge is -2.01. The van der Waals surface area contributed by atoms with Gasteiger partial charge in [-0.15, -0.1) is 16.6 Å². The molecule has 6 heteroatoms. The number of aromatic nitrogens is 1. The Morgan fingerprint density at radius 2 is 1.83 bits per heavy atom. The number of fused-ring (bicyclic) bond motifs is 2. The van der Waals surface area contributed by atoms with Crippen molar-refractivity contribution in [1.82, 2.24) is 4.98 Å². The smallest absolute Gasteiger partial charge is 0.347 e. The predicted octanol–water partition coefficient (Wildman–Crippen LogP) is 3.93. The molecule has 4 aromatic rings. The number of benzene rings is 2. The molecule has 4 rings (SSSR count). The Kier molecular flexibility index (Phi) is 3.07. The maximum Gasteiger partial charge on any atom is 0.347 e. The summed E-state index contributed by atoms with van der Waals surface area (Å²) in [5.41, 5.74) is 0.0741. The van der Waals surface area contributed by atoms with Gasteiger partial charge in [-0.25, -0.2) is 9.78 Å². The number of thiophene rings is 1. The Bertz CT molecular complexity index is 1140. The summed E-state index contributed by atoms with van der Waals surface area (Å²) in [5, 5.41) is 10.1. The van der Waals surface area contributed by atoms with Crippen molar-refractivity contribution in [2.45, 2.75) is 0 Å². The minimum absolute atomic E-state index is 0.153. The topological polar surface area (TPSA) is 76.1 Å². The summed E-state index contributed by atoms with van der Waals surface area (Å²) in [6, 6.07) is 14.5. The second-order valence-corrected chi connectivity index (χ2v) is 5.83. The van der Waals surface area contributed by atoms with Gasteiger partial charge in [0.2, 0.25) is 5.89 Å². The molecule has 0 N–H and O–H groups in total. The Morgan fingerprint density at radius 1 is 1.09 bits per heavy atom. The molecule has 0 radical (unpaired) electrons. The molecule has 0 aliphatic carbocycles. The first-order chi connectivity index (χ1) is 11.3. The van der Waals surface area contributed by atoms with Crippen LogP contribution in [0.25, 0.3) is 31.8 Å². The van der Waals surface area contributed by atoms with Gasteiger partial charge in [0, 0.05) is 10.1 Å². The lowest BCUT2D eigenvalue weighted by molar-refractivity contribution is 0.498. The lowest BCUT2D eigenvalue weighted by atomic mass is 10.2. The maximum atomic E-state index is 12.1. The summed E-state index contributed by atoms with van der Waals surface area (Å²) >= 11 is 1.36. The van der Waals surface area contributed by atoms with Gasteiger partial charge in [-0.2, -0.15) is 0 Å². The number of nitriles is 1. The van der Waals surface area contributed by atoms with E-state index in [4.69, 9.17) is 14.4 Å². The van der Waals surface area contributed by atoms with Gasteiger partial charge in [-0.05, 0) is 24.3 Å². The Balaban J connectivity index is 2.04. The molecule has 2 aromatic heterocycles. The van der Waals surface area contributed by atoms with Crippen LogP contribution in [0.1, 0.15) is 0 Å². The van der Waals surface area contributed by atoms with Crippen LogP contribution >= 0.6 is 11.3 Å². The number of hydrogen-bond acceptors (Lipinski definition) is 6. The van der Waals surface area contributed by atoms with Crippen molar-refractivity contribution in [3.63, 3.8) is 0 Å². The minimum Gasteiger partial charge on any atom is -0.402 e. The molecule has 0 aliphatic heterocycles. The van der Waals surface area contributed by atoms with Crippen LogP contribution < -0.4 is 10.4 Å². The van der Waals surface area contributed by atoms with E-state index in [9.17, 15) is 4.79 Å². The van der Waals surface area contributed by atoms with Gasteiger partial charge in [0.15, 0.2) is 5.75 Å². The molecule has 2 heterocycles. The van der Waals surface area contributed by atoms with Crippen molar-refractivity contribution < 1.29 is 9.15 Å². The van der Waals surface area contributed by atoms with Crippen LogP contribution in [0.3, 0.4) is 0 Å². The third-order valence-corrected chi connectivity index (χ3v) is 4.57. The molecule has 0 saturated heterocycles. The van der Waals surface area contributed by atoms with Gasteiger partial charge in [0.05, 0.1) is 10.9 Å². The zero-order valence-corrected chi connectivity index (χ0v) is 12.5. The molecule has 0 spiro atoms. The largest absolute Gasteiger partial charge is 0.402 e. The van der Waals surface area contributed by atoms with Crippen LogP contribution in [0, 0.1) is 11.5 Å². The summed E-state index contributed by atoms with van der Waals surface area (Å²) in [6.07, 6.45) is 1.68. The van der Waals surface area contributed by atoms with Crippen molar-refractivity contribution >= 4 is 32.3 Å². The molecule has 0 aliphatic rings. The SMILES string of the molecule is N#COc1c(-c2nc3ccccc3c(=O)o2)sc2ccccc12. The molecule has 0 atom stereocenters. The first-order valence-electron chi connectivity index (χ1n) is 6.75. The Morgan fingerprint density at radius 3 is 2.65 bits per heavy atom. The third-order valence-electron chi connectivity index (χ3n) is 3.43. The number of rotatable bonds is 2. The van der Waals surface area contributed by atoms with E-state index in [1.54, 1.807) is 30.5 Å². The molecule has 110 valence electrons. The van der Waals surface area contributed by atoms with Crippen molar-refractivity contribution in [2.24, 2.45) is 0 Å². The van der Waals surface area contributed by atoms with Crippen LogP contribution in [0.4, 0.5) is 0 Å². The van der Waals surface area contributed by atoms with E-state index in [1.807, 2.05) is 24.3 Å². The molecular weight excluding hydrogens is 312 g/mol. The standard InChI is InChI=1S/C17H8N2O3S/c18-9-21-14-11-6-2-4-8-13(11)23-15(14)16-19-12-7-3-1-5-10(12)17(20)22-16/h1-8H. The lowest BCUT2D eigenvalue weighted by Crippen LogP contribution is -2.02. The maximum absolute atomic E-state index is 12.1. The summed E-state index contributed by atoms with van der Waals surface area (Å²) in [5.74, 6) is 0.513. The van der Waals surface area contributed by atoms with Gasteiger partial charge in [-0.3, -0.25) is 0 Å². The first kappa shape index (κ1) is 13.5. The van der Waals surface area contributed by atoms with Crippen molar-refractivity contribution in [3.8, 4) is 22.8 Å². The van der Waals surface area contributed by atoms with Crippen LogP contribution in [0.5, 0.6) is 5.75 Å². The van der Waals surface area contributed by atoms with E-state index >= 15 is 0 Å². The van der Waals surface area contributed by atoms with Crippen LogP contribution in [0.15, 0.2) is 57.7 Å². The number of para-hydroxylation sites is 1. The van der Waals surface area contributed by atoms with Gasteiger partial charge >= 0.3 is 5.63 Å². The molecule has 0 unspecified atom stereocenters. The van der Waals surface area contributed by atoms with E-state index in [-0.39, 0.29) is 5.89 Å². The predicted molar refractivity (Wildman–Crippen MR) is 87.3 cm³/mol. The molecule has 2 aromatic carbocycles. The summed E-state index contributed by atoms with van der Waals surface area (Å²) in [6.45, 7) is 0. The normalized spacial score (nSPS) is 10.7. The Hall–Kier alpha value is -3.17. The highest BCUT2D eigenvalue weighted by atomic mass is 32.1. The number of hydrogen-bond donors (Lipinski definition) is 0. The van der Waals surface area contributed by atoms with E-state index in [2.05, 4.69) is 4.98 Å². The third kappa shape index (κ3) is 2.15. The molecule has 0 bridgehead atoms.